The number of ether oxygens (including phenoxy) is 1. The minimum absolute atomic E-state index is 0.130. The standard InChI is InChI=1S/C16H20N2O2/c1-3-20-12-4-5-14-13(8-12)15(9-17-14)18-16(19)11-6-10(2)7-11/h4-5,8-11,17H,3,6-7H2,1-2H3,(H,18,19). The van der Waals surface area contributed by atoms with Gasteiger partial charge >= 0.3 is 0 Å². The number of rotatable bonds is 4. The molecular formula is C16H20N2O2. The van der Waals surface area contributed by atoms with Crippen molar-refractivity contribution in [3.63, 3.8) is 0 Å². The predicted octanol–water partition coefficient (Wildman–Crippen LogP) is 3.55. The highest BCUT2D eigenvalue weighted by atomic mass is 16.5. The molecule has 1 aliphatic carbocycles. The summed E-state index contributed by atoms with van der Waals surface area (Å²) in [6.45, 7) is 4.78. The van der Waals surface area contributed by atoms with Gasteiger partial charge in [-0.3, -0.25) is 4.79 Å². The van der Waals surface area contributed by atoms with Crippen LogP contribution in [0, 0.1) is 11.8 Å². The first-order valence-electron chi connectivity index (χ1n) is 7.22. The zero-order chi connectivity index (χ0) is 14.1. The van der Waals surface area contributed by atoms with Gasteiger partial charge in [-0.25, -0.2) is 0 Å². The number of fused-ring (bicyclic) bond motifs is 1. The average molecular weight is 272 g/mol. The van der Waals surface area contributed by atoms with Crippen LogP contribution >= 0.6 is 0 Å². The zero-order valence-electron chi connectivity index (χ0n) is 11.9. The Hall–Kier alpha value is -1.97. The van der Waals surface area contributed by atoms with Gasteiger partial charge in [0, 0.05) is 23.0 Å². The second kappa shape index (κ2) is 5.19. The molecule has 2 N–H and O–H groups in total. The monoisotopic (exact) mass is 272 g/mol. The molecule has 0 atom stereocenters. The Kier molecular flexibility index (Phi) is 3.38. The van der Waals surface area contributed by atoms with Gasteiger partial charge in [-0.05, 0) is 43.9 Å². The van der Waals surface area contributed by atoms with Crippen LogP contribution in [0.1, 0.15) is 26.7 Å². The van der Waals surface area contributed by atoms with E-state index in [1.807, 2.05) is 31.3 Å². The first-order valence-corrected chi connectivity index (χ1v) is 7.22. The van der Waals surface area contributed by atoms with E-state index < -0.39 is 0 Å². The summed E-state index contributed by atoms with van der Waals surface area (Å²) in [6, 6.07) is 5.87. The Morgan fingerprint density at radius 3 is 2.95 bits per heavy atom. The molecule has 0 aliphatic heterocycles. The smallest absolute Gasteiger partial charge is 0.227 e. The number of benzene rings is 1. The summed E-state index contributed by atoms with van der Waals surface area (Å²) in [5, 5.41) is 4.03. The van der Waals surface area contributed by atoms with Crippen LogP contribution in [0.3, 0.4) is 0 Å². The first kappa shape index (κ1) is 13.0. The molecule has 2 aromatic rings. The summed E-state index contributed by atoms with van der Waals surface area (Å²) in [5.41, 5.74) is 1.84. The van der Waals surface area contributed by atoms with E-state index in [1.165, 1.54) is 0 Å². The number of carbonyl (C=O) groups excluding carboxylic acids is 1. The van der Waals surface area contributed by atoms with Crippen molar-refractivity contribution in [3.8, 4) is 5.75 Å². The molecule has 0 saturated heterocycles. The Balaban J connectivity index is 1.80. The van der Waals surface area contributed by atoms with Gasteiger partial charge in [0.15, 0.2) is 0 Å². The summed E-state index contributed by atoms with van der Waals surface area (Å²) >= 11 is 0. The lowest BCUT2D eigenvalue weighted by molar-refractivity contribution is -0.123. The van der Waals surface area contributed by atoms with E-state index in [2.05, 4.69) is 17.2 Å². The third-order valence-corrected chi connectivity index (χ3v) is 3.97. The number of H-pyrrole nitrogens is 1. The van der Waals surface area contributed by atoms with Crippen molar-refractivity contribution >= 4 is 22.5 Å². The zero-order valence-corrected chi connectivity index (χ0v) is 11.9. The minimum Gasteiger partial charge on any atom is -0.494 e. The molecule has 1 fully saturated rings. The van der Waals surface area contributed by atoms with Crippen LogP contribution in [0.15, 0.2) is 24.4 Å². The number of hydrogen-bond donors (Lipinski definition) is 2. The van der Waals surface area contributed by atoms with E-state index in [0.717, 1.165) is 35.2 Å². The molecule has 1 aromatic heterocycles. The second-order valence-electron chi connectivity index (χ2n) is 5.61. The second-order valence-corrected chi connectivity index (χ2v) is 5.61. The third-order valence-electron chi connectivity index (χ3n) is 3.97. The molecule has 0 bridgehead atoms. The van der Waals surface area contributed by atoms with E-state index >= 15 is 0 Å². The molecule has 1 aliphatic rings. The van der Waals surface area contributed by atoms with Gasteiger partial charge in [0.1, 0.15) is 5.75 Å². The Morgan fingerprint density at radius 2 is 2.25 bits per heavy atom. The maximum atomic E-state index is 12.1. The van der Waals surface area contributed by atoms with Gasteiger partial charge < -0.3 is 15.0 Å². The quantitative estimate of drug-likeness (QED) is 0.894. The van der Waals surface area contributed by atoms with Crippen LogP contribution in [0.5, 0.6) is 5.75 Å². The highest BCUT2D eigenvalue weighted by Gasteiger charge is 2.31. The molecule has 20 heavy (non-hydrogen) atoms. The van der Waals surface area contributed by atoms with Crippen LogP contribution in [0.2, 0.25) is 0 Å². The van der Waals surface area contributed by atoms with E-state index in [0.29, 0.717) is 12.5 Å². The number of amides is 1. The number of nitrogens with one attached hydrogen (secondary N) is 2. The Morgan fingerprint density at radius 1 is 1.45 bits per heavy atom. The summed E-state index contributed by atoms with van der Waals surface area (Å²) < 4.78 is 5.51. The molecule has 1 amide bonds. The topological polar surface area (TPSA) is 54.1 Å². The lowest BCUT2D eigenvalue weighted by atomic mass is 9.75. The molecule has 0 unspecified atom stereocenters. The number of aromatic amines is 1. The average Bonchev–Trinajstić information content (AvgIpc) is 2.78. The fourth-order valence-corrected chi connectivity index (χ4v) is 2.81. The Bertz CT molecular complexity index is 626. The lowest BCUT2D eigenvalue weighted by Crippen LogP contribution is -2.33. The number of hydrogen-bond acceptors (Lipinski definition) is 2. The van der Waals surface area contributed by atoms with Crippen LogP contribution < -0.4 is 10.1 Å². The maximum Gasteiger partial charge on any atom is 0.227 e. The molecule has 106 valence electrons. The van der Waals surface area contributed by atoms with E-state index in [1.54, 1.807) is 0 Å². The molecule has 1 aromatic carbocycles. The van der Waals surface area contributed by atoms with Crippen molar-refractivity contribution in [2.75, 3.05) is 11.9 Å². The van der Waals surface area contributed by atoms with Gasteiger partial charge in [0.25, 0.3) is 0 Å². The molecule has 4 heteroatoms. The van der Waals surface area contributed by atoms with Crippen LogP contribution in [0.25, 0.3) is 10.9 Å². The summed E-state index contributed by atoms with van der Waals surface area (Å²) in [4.78, 5) is 15.3. The van der Waals surface area contributed by atoms with Gasteiger partial charge in [-0.1, -0.05) is 6.92 Å². The third kappa shape index (κ3) is 2.38. The summed E-state index contributed by atoms with van der Waals surface area (Å²) in [7, 11) is 0. The van der Waals surface area contributed by atoms with Gasteiger partial charge in [-0.15, -0.1) is 0 Å². The van der Waals surface area contributed by atoms with Crippen LogP contribution in [0.4, 0.5) is 5.69 Å². The maximum absolute atomic E-state index is 12.1. The molecule has 3 rings (SSSR count). The number of carbonyl (C=O) groups is 1. The normalized spacial score (nSPS) is 21.5. The summed E-state index contributed by atoms with van der Waals surface area (Å²) in [5.74, 6) is 1.81. The fourth-order valence-electron chi connectivity index (χ4n) is 2.81. The van der Waals surface area contributed by atoms with Gasteiger partial charge in [0.2, 0.25) is 5.91 Å². The number of anilines is 1. The van der Waals surface area contributed by atoms with Gasteiger partial charge in [-0.2, -0.15) is 0 Å². The van der Waals surface area contributed by atoms with E-state index in [4.69, 9.17) is 4.74 Å². The van der Waals surface area contributed by atoms with Crippen LogP contribution in [-0.2, 0) is 4.79 Å². The SMILES string of the molecule is CCOc1ccc2[nH]cc(NC(=O)C3CC(C)C3)c2c1. The molecule has 1 heterocycles. The van der Waals surface area contributed by atoms with Crippen LogP contribution in [-0.4, -0.2) is 17.5 Å². The molecule has 1 saturated carbocycles. The molecular weight excluding hydrogens is 252 g/mol. The van der Waals surface area contributed by atoms with Gasteiger partial charge in [0.05, 0.1) is 12.3 Å². The lowest BCUT2D eigenvalue weighted by Gasteiger charge is -2.31. The first-order chi connectivity index (χ1) is 9.67. The highest BCUT2D eigenvalue weighted by Crippen LogP contribution is 2.35. The minimum atomic E-state index is 0.130. The van der Waals surface area contributed by atoms with E-state index in [9.17, 15) is 4.79 Å². The predicted molar refractivity (Wildman–Crippen MR) is 80.0 cm³/mol. The van der Waals surface area contributed by atoms with Crippen molar-refractivity contribution < 1.29 is 9.53 Å². The van der Waals surface area contributed by atoms with Crippen molar-refractivity contribution in [2.45, 2.75) is 26.7 Å². The fraction of sp³-hybridized carbons (Fsp3) is 0.438. The molecule has 0 radical (unpaired) electrons. The largest absolute Gasteiger partial charge is 0.494 e. The van der Waals surface area contributed by atoms with Crippen molar-refractivity contribution in [2.24, 2.45) is 11.8 Å². The van der Waals surface area contributed by atoms with Crippen molar-refractivity contribution in [3.05, 3.63) is 24.4 Å². The summed E-state index contributed by atoms with van der Waals surface area (Å²) in [6.07, 6.45) is 3.84. The Labute approximate surface area is 118 Å². The molecule has 4 nitrogen and oxygen atoms in total. The van der Waals surface area contributed by atoms with E-state index in [-0.39, 0.29) is 11.8 Å². The van der Waals surface area contributed by atoms with Crippen molar-refractivity contribution in [1.29, 1.82) is 0 Å². The van der Waals surface area contributed by atoms with Crippen molar-refractivity contribution in [1.82, 2.24) is 4.98 Å². The molecule has 0 spiro atoms. The number of aromatic nitrogens is 1. The highest BCUT2D eigenvalue weighted by molar-refractivity contribution is 6.02.